The number of aromatic nitrogens is 2. The molecule has 0 aliphatic heterocycles. The Morgan fingerprint density at radius 3 is 2.80 bits per heavy atom. The summed E-state index contributed by atoms with van der Waals surface area (Å²) in [6.45, 7) is 2.30. The molecule has 0 spiro atoms. The zero-order valence-electron chi connectivity index (χ0n) is 8.90. The van der Waals surface area contributed by atoms with E-state index < -0.39 is 0 Å². The number of imidazole rings is 1. The highest BCUT2D eigenvalue weighted by atomic mass is 16.3. The van der Waals surface area contributed by atoms with Crippen LogP contribution in [-0.2, 0) is 13.6 Å². The molecule has 1 heterocycles. The van der Waals surface area contributed by atoms with Crippen LogP contribution in [0.5, 0.6) is 0 Å². The lowest BCUT2D eigenvalue weighted by Crippen LogP contribution is -2.23. The summed E-state index contributed by atoms with van der Waals surface area (Å²) in [7, 11) is 1.75. The van der Waals surface area contributed by atoms with Gasteiger partial charge in [0.2, 0.25) is 0 Å². The molecule has 80 valence electrons. The van der Waals surface area contributed by atoms with Crippen molar-refractivity contribution in [3.63, 3.8) is 0 Å². The van der Waals surface area contributed by atoms with E-state index in [0.29, 0.717) is 6.54 Å². The molecule has 2 aromatic rings. The smallest absolute Gasteiger partial charge is 0.328 e. The number of nitrogens with zero attached hydrogens (tertiary/aromatic N) is 2. The Labute approximate surface area is 87.4 Å². The van der Waals surface area contributed by atoms with Crippen LogP contribution in [0.2, 0.25) is 0 Å². The molecule has 0 amide bonds. The zero-order valence-corrected chi connectivity index (χ0v) is 8.90. The minimum Gasteiger partial charge on any atom is -0.395 e. The van der Waals surface area contributed by atoms with Gasteiger partial charge >= 0.3 is 5.69 Å². The Balaban J connectivity index is 2.89. The predicted molar refractivity (Wildman–Crippen MR) is 59.0 cm³/mol. The number of rotatable bonds is 2. The minimum atomic E-state index is -0.0756. The summed E-state index contributed by atoms with van der Waals surface area (Å²) in [6, 6.07) is 5.81. The molecule has 0 unspecified atom stereocenters. The molecule has 15 heavy (non-hydrogen) atoms. The standard InChI is InChI=1S/C11H14N2O2/c1-8-4-3-5-9-10(8)13(6-7-14)11(15)12(9)2/h3-5,14H,6-7H2,1-2H3. The third kappa shape index (κ3) is 1.37. The second-order valence-corrected chi connectivity index (χ2v) is 3.66. The lowest BCUT2D eigenvalue weighted by molar-refractivity contribution is 0.275. The van der Waals surface area contributed by atoms with Crippen molar-refractivity contribution in [3.05, 3.63) is 34.2 Å². The molecule has 0 bridgehead atoms. The Kier molecular flexibility index (Phi) is 2.36. The molecular formula is C11H14N2O2. The summed E-state index contributed by atoms with van der Waals surface area (Å²) >= 11 is 0. The molecule has 1 aromatic carbocycles. The Morgan fingerprint density at radius 2 is 2.13 bits per heavy atom. The van der Waals surface area contributed by atoms with E-state index in [0.717, 1.165) is 16.6 Å². The molecule has 0 atom stereocenters. The molecule has 0 radical (unpaired) electrons. The van der Waals surface area contributed by atoms with Gasteiger partial charge in [0.1, 0.15) is 0 Å². The van der Waals surface area contributed by atoms with Crippen molar-refractivity contribution in [1.82, 2.24) is 9.13 Å². The third-order valence-corrected chi connectivity index (χ3v) is 2.69. The van der Waals surface area contributed by atoms with E-state index in [9.17, 15) is 4.79 Å². The van der Waals surface area contributed by atoms with Gasteiger partial charge in [-0.25, -0.2) is 4.79 Å². The van der Waals surface area contributed by atoms with Gasteiger partial charge in [0.05, 0.1) is 24.2 Å². The zero-order chi connectivity index (χ0) is 11.0. The largest absolute Gasteiger partial charge is 0.395 e. The van der Waals surface area contributed by atoms with Gasteiger partial charge < -0.3 is 5.11 Å². The van der Waals surface area contributed by atoms with Crippen LogP contribution in [0.4, 0.5) is 0 Å². The second-order valence-electron chi connectivity index (χ2n) is 3.66. The quantitative estimate of drug-likeness (QED) is 0.783. The molecular weight excluding hydrogens is 192 g/mol. The van der Waals surface area contributed by atoms with E-state index in [4.69, 9.17) is 5.11 Å². The van der Waals surface area contributed by atoms with Crippen LogP contribution in [0.25, 0.3) is 11.0 Å². The molecule has 0 saturated carbocycles. The van der Waals surface area contributed by atoms with Crippen molar-refractivity contribution in [1.29, 1.82) is 0 Å². The lowest BCUT2D eigenvalue weighted by Gasteiger charge is -2.02. The highest BCUT2D eigenvalue weighted by Crippen LogP contribution is 2.16. The van der Waals surface area contributed by atoms with Crippen LogP contribution in [-0.4, -0.2) is 20.8 Å². The van der Waals surface area contributed by atoms with E-state index in [1.807, 2.05) is 25.1 Å². The molecule has 1 N–H and O–H groups in total. The normalized spacial score (nSPS) is 11.1. The molecule has 0 aliphatic rings. The summed E-state index contributed by atoms with van der Waals surface area (Å²) in [5.41, 5.74) is 2.81. The molecule has 0 saturated heterocycles. The Hall–Kier alpha value is -1.55. The maximum absolute atomic E-state index is 11.8. The lowest BCUT2D eigenvalue weighted by atomic mass is 10.2. The van der Waals surface area contributed by atoms with Gasteiger partial charge in [-0.15, -0.1) is 0 Å². The Bertz CT molecular complexity index is 551. The van der Waals surface area contributed by atoms with Crippen LogP contribution in [0.15, 0.2) is 23.0 Å². The maximum Gasteiger partial charge on any atom is 0.328 e. The first kappa shape index (κ1) is 9.98. The fraction of sp³-hybridized carbons (Fsp3) is 0.364. The van der Waals surface area contributed by atoms with Crippen LogP contribution in [0.3, 0.4) is 0 Å². The van der Waals surface area contributed by atoms with Crippen molar-refractivity contribution in [2.75, 3.05) is 6.61 Å². The minimum absolute atomic E-state index is 0.0205. The average molecular weight is 206 g/mol. The van der Waals surface area contributed by atoms with Crippen LogP contribution < -0.4 is 5.69 Å². The number of fused-ring (bicyclic) bond motifs is 1. The number of benzene rings is 1. The van der Waals surface area contributed by atoms with Crippen LogP contribution >= 0.6 is 0 Å². The summed E-state index contributed by atoms with van der Waals surface area (Å²) in [5, 5.41) is 8.93. The van der Waals surface area contributed by atoms with E-state index in [1.54, 1.807) is 16.2 Å². The second kappa shape index (κ2) is 3.55. The molecule has 0 aliphatic carbocycles. The maximum atomic E-state index is 11.8. The van der Waals surface area contributed by atoms with Gasteiger partial charge in [-0.1, -0.05) is 12.1 Å². The van der Waals surface area contributed by atoms with Crippen molar-refractivity contribution in [3.8, 4) is 0 Å². The number of hydrogen-bond acceptors (Lipinski definition) is 2. The number of aliphatic hydroxyl groups excluding tert-OH is 1. The van der Waals surface area contributed by atoms with Crippen LogP contribution in [0, 0.1) is 6.92 Å². The van der Waals surface area contributed by atoms with Crippen molar-refractivity contribution in [2.24, 2.45) is 7.05 Å². The highest BCUT2D eigenvalue weighted by molar-refractivity contribution is 5.79. The van der Waals surface area contributed by atoms with Gasteiger partial charge in [0.25, 0.3) is 0 Å². The molecule has 1 aromatic heterocycles. The van der Waals surface area contributed by atoms with Crippen molar-refractivity contribution < 1.29 is 5.11 Å². The Morgan fingerprint density at radius 1 is 1.40 bits per heavy atom. The first-order valence-electron chi connectivity index (χ1n) is 4.92. The van der Waals surface area contributed by atoms with E-state index >= 15 is 0 Å². The topological polar surface area (TPSA) is 47.2 Å². The fourth-order valence-corrected chi connectivity index (χ4v) is 1.95. The first-order valence-corrected chi connectivity index (χ1v) is 4.92. The van der Waals surface area contributed by atoms with Gasteiger partial charge in [0, 0.05) is 7.05 Å². The predicted octanol–water partition coefficient (Wildman–Crippen LogP) is 0.641. The van der Waals surface area contributed by atoms with Crippen LogP contribution in [0.1, 0.15) is 5.56 Å². The van der Waals surface area contributed by atoms with E-state index in [2.05, 4.69) is 0 Å². The SMILES string of the molecule is Cc1cccc2c1n(CCO)c(=O)n2C. The number of hydrogen-bond donors (Lipinski definition) is 1. The molecule has 0 fully saturated rings. The van der Waals surface area contributed by atoms with E-state index in [-0.39, 0.29) is 12.3 Å². The number of aryl methyl sites for hydroxylation is 2. The summed E-state index contributed by atoms with van der Waals surface area (Å²) in [6.07, 6.45) is 0. The van der Waals surface area contributed by atoms with Gasteiger partial charge in [0.15, 0.2) is 0 Å². The summed E-state index contributed by atoms with van der Waals surface area (Å²) in [5.74, 6) is 0. The molecule has 4 nitrogen and oxygen atoms in total. The highest BCUT2D eigenvalue weighted by Gasteiger charge is 2.11. The third-order valence-electron chi connectivity index (χ3n) is 2.69. The fourth-order valence-electron chi connectivity index (χ4n) is 1.95. The van der Waals surface area contributed by atoms with Gasteiger partial charge in [-0.3, -0.25) is 9.13 Å². The first-order chi connectivity index (χ1) is 7.16. The monoisotopic (exact) mass is 206 g/mol. The number of aliphatic hydroxyl groups is 1. The average Bonchev–Trinajstić information content (AvgIpc) is 2.46. The number of para-hydroxylation sites is 1. The summed E-state index contributed by atoms with van der Waals surface area (Å²) in [4.78, 5) is 11.8. The van der Waals surface area contributed by atoms with Gasteiger partial charge in [-0.05, 0) is 18.6 Å². The summed E-state index contributed by atoms with van der Waals surface area (Å²) < 4.78 is 3.22. The molecule has 4 heteroatoms. The van der Waals surface area contributed by atoms with Crippen molar-refractivity contribution in [2.45, 2.75) is 13.5 Å². The van der Waals surface area contributed by atoms with E-state index in [1.165, 1.54) is 0 Å². The van der Waals surface area contributed by atoms with Gasteiger partial charge in [-0.2, -0.15) is 0 Å². The van der Waals surface area contributed by atoms with Crippen molar-refractivity contribution >= 4 is 11.0 Å². The molecule has 2 rings (SSSR count).